The first-order chi connectivity index (χ1) is 9.63. The number of hydrogen-bond donors (Lipinski definition) is 1. The van der Waals surface area contributed by atoms with Gasteiger partial charge in [-0.05, 0) is 37.0 Å². The molecule has 106 valence electrons. The summed E-state index contributed by atoms with van der Waals surface area (Å²) < 4.78 is 13.2. The first-order valence-corrected chi connectivity index (χ1v) is 7.58. The summed E-state index contributed by atoms with van der Waals surface area (Å²) in [5.74, 6) is -0.218. The summed E-state index contributed by atoms with van der Waals surface area (Å²) >= 11 is 1.63. The van der Waals surface area contributed by atoms with Gasteiger partial charge in [-0.1, -0.05) is 12.1 Å². The lowest BCUT2D eigenvalue weighted by atomic mass is 10.0. The van der Waals surface area contributed by atoms with E-state index in [1.807, 2.05) is 18.0 Å². The number of hydrogen-bond acceptors (Lipinski definition) is 4. The standard InChI is InChI=1S/C15H17FN2OS/c1-18(9-10-4-2-5-11(16)8-10)15-17-14-12(19)6-3-7-13(14)20-15/h2,4-5,8,12,19H,3,6-7,9H2,1H3. The summed E-state index contributed by atoms with van der Waals surface area (Å²) in [4.78, 5) is 7.74. The molecule has 0 bridgehead atoms. The second kappa shape index (κ2) is 5.50. The van der Waals surface area contributed by atoms with E-state index in [-0.39, 0.29) is 5.82 Å². The molecule has 3 nitrogen and oxygen atoms in total. The van der Waals surface area contributed by atoms with Crippen molar-refractivity contribution in [1.82, 2.24) is 4.98 Å². The molecule has 5 heteroatoms. The zero-order valence-electron chi connectivity index (χ0n) is 11.3. The van der Waals surface area contributed by atoms with Crippen LogP contribution in [-0.4, -0.2) is 17.1 Å². The third-order valence-electron chi connectivity index (χ3n) is 3.55. The Labute approximate surface area is 121 Å². The molecule has 1 aromatic heterocycles. The molecular weight excluding hydrogens is 275 g/mol. The molecule has 0 saturated carbocycles. The largest absolute Gasteiger partial charge is 0.387 e. The molecule has 1 aliphatic carbocycles. The van der Waals surface area contributed by atoms with E-state index in [9.17, 15) is 9.50 Å². The summed E-state index contributed by atoms with van der Waals surface area (Å²) in [5, 5.41) is 10.8. The van der Waals surface area contributed by atoms with Crippen LogP contribution in [-0.2, 0) is 13.0 Å². The highest BCUT2D eigenvalue weighted by atomic mass is 32.1. The fourth-order valence-corrected chi connectivity index (χ4v) is 3.64. The van der Waals surface area contributed by atoms with Crippen molar-refractivity contribution in [3.8, 4) is 0 Å². The second-order valence-electron chi connectivity index (χ2n) is 5.20. The molecule has 1 unspecified atom stereocenters. The van der Waals surface area contributed by atoms with Crippen LogP contribution in [0, 0.1) is 5.82 Å². The van der Waals surface area contributed by atoms with Gasteiger partial charge >= 0.3 is 0 Å². The van der Waals surface area contributed by atoms with Crippen LogP contribution in [0.1, 0.15) is 35.1 Å². The van der Waals surface area contributed by atoms with Gasteiger partial charge in [-0.3, -0.25) is 0 Å². The normalized spacial score (nSPS) is 17.9. The number of aliphatic hydroxyl groups is 1. The van der Waals surface area contributed by atoms with Gasteiger partial charge in [0, 0.05) is 18.5 Å². The third-order valence-corrected chi connectivity index (χ3v) is 4.79. The molecule has 0 spiro atoms. The summed E-state index contributed by atoms with van der Waals surface area (Å²) in [6.07, 6.45) is 2.39. The molecular formula is C15H17FN2OS. The van der Waals surface area contributed by atoms with Gasteiger partial charge in [0.05, 0.1) is 11.8 Å². The van der Waals surface area contributed by atoms with E-state index in [1.54, 1.807) is 23.5 Å². The Morgan fingerprint density at radius 2 is 2.35 bits per heavy atom. The Hall–Kier alpha value is -1.46. The van der Waals surface area contributed by atoms with Gasteiger partial charge in [-0.15, -0.1) is 11.3 Å². The fraction of sp³-hybridized carbons (Fsp3) is 0.400. The van der Waals surface area contributed by atoms with Crippen molar-refractivity contribution in [2.24, 2.45) is 0 Å². The number of halogens is 1. The van der Waals surface area contributed by atoms with Crippen molar-refractivity contribution in [2.45, 2.75) is 31.9 Å². The van der Waals surface area contributed by atoms with Gasteiger partial charge < -0.3 is 10.0 Å². The average Bonchev–Trinajstić information content (AvgIpc) is 2.84. The molecule has 20 heavy (non-hydrogen) atoms. The monoisotopic (exact) mass is 292 g/mol. The molecule has 0 aliphatic heterocycles. The minimum absolute atomic E-state index is 0.218. The second-order valence-corrected chi connectivity index (χ2v) is 6.26. The number of nitrogens with zero attached hydrogens (tertiary/aromatic N) is 2. The van der Waals surface area contributed by atoms with Crippen LogP contribution in [0.4, 0.5) is 9.52 Å². The maximum atomic E-state index is 13.2. The molecule has 1 atom stereocenters. The third kappa shape index (κ3) is 2.69. The molecule has 0 radical (unpaired) electrons. The van der Waals surface area contributed by atoms with E-state index in [0.29, 0.717) is 6.54 Å². The van der Waals surface area contributed by atoms with Crippen molar-refractivity contribution < 1.29 is 9.50 Å². The van der Waals surface area contributed by atoms with Crippen LogP contribution in [0.2, 0.25) is 0 Å². The Morgan fingerprint density at radius 3 is 3.10 bits per heavy atom. The summed E-state index contributed by atoms with van der Waals surface area (Å²) in [7, 11) is 1.95. The Kier molecular flexibility index (Phi) is 3.72. The Bertz CT molecular complexity index is 614. The number of thiazole rings is 1. The maximum Gasteiger partial charge on any atom is 0.185 e. The quantitative estimate of drug-likeness (QED) is 0.943. The van der Waals surface area contributed by atoms with Crippen molar-refractivity contribution >= 4 is 16.5 Å². The lowest BCUT2D eigenvalue weighted by Crippen LogP contribution is -2.16. The van der Waals surface area contributed by atoms with Gasteiger partial charge in [0.25, 0.3) is 0 Å². The highest BCUT2D eigenvalue weighted by molar-refractivity contribution is 7.15. The zero-order valence-corrected chi connectivity index (χ0v) is 12.2. The van der Waals surface area contributed by atoms with Crippen LogP contribution in [0.5, 0.6) is 0 Å². The number of benzene rings is 1. The molecule has 0 saturated heterocycles. The number of aryl methyl sites for hydroxylation is 1. The van der Waals surface area contributed by atoms with Crippen molar-refractivity contribution in [2.75, 3.05) is 11.9 Å². The molecule has 0 fully saturated rings. The summed E-state index contributed by atoms with van der Waals surface area (Å²) in [6, 6.07) is 6.61. The molecule has 1 aliphatic rings. The topological polar surface area (TPSA) is 36.4 Å². The van der Waals surface area contributed by atoms with E-state index >= 15 is 0 Å². The molecule has 1 heterocycles. The van der Waals surface area contributed by atoms with Gasteiger partial charge in [0.1, 0.15) is 5.82 Å². The van der Waals surface area contributed by atoms with Crippen LogP contribution in [0.3, 0.4) is 0 Å². The Morgan fingerprint density at radius 1 is 1.50 bits per heavy atom. The predicted molar refractivity (Wildman–Crippen MR) is 78.5 cm³/mol. The molecule has 1 aromatic carbocycles. The zero-order chi connectivity index (χ0) is 14.1. The lowest BCUT2D eigenvalue weighted by molar-refractivity contribution is 0.153. The predicted octanol–water partition coefficient (Wildman–Crippen LogP) is 3.29. The van der Waals surface area contributed by atoms with Gasteiger partial charge in [0.15, 0.2) is 5.13 Å². The number of fused-ring (bicyclic) bond motifs is 1. The lowest BCUT2D eigenvalue weighted by Gasteiger charge is -2.16. The molecule has 0 amide bonds. The summed E-state index contributed by atoms with van der Waals surface area (Å²) in [6.45, 7) is 0.611. The van der Waals surface area contributed by atoms with E-state index in [2.05, 4.69) is 4.98 Å². The van der Waals surface area contributed by atoms with E-state index in [4.69, 9.17) is 0 Å². The molecule has 2 aromatic rings. The number of aromatic nitrogens is 1. The van der Waals surface area contributed by atoms with Crippen LogP contribution >= 0.6 is 11.3 Å². The average molecular weight is 292 g/mol. The number of aliphatic hydroxyl groups excluding tert-OH is 1. The van der Waals surface area contributed by atoms with Crippen molar-refractivity contribution in [3.05, 3.63) is 46.2 Å². The summed E-state index contributed by atoms with van der Waals surface area (Å²) in [5.41, 5.74) is 1.75. The van der Waals surface area contributed by atoms with Crippen LogP contribution in [0.15, 0.2) is 24.3 Å². The van der Waals surface area contributed by atoms with E-state index in [0.717, 1.165) is 35.7 Å². The molecule has 1 N–H and O–H groups in total. The first-order valence-electron chi connectivity index (χ1n) is 6.77. The highest BCUT2D eigenvalue weighted by Crippen LogP contribution is 2.36. The first kappa shape index (κ1) is 13.5. The number of rotatable bonds is 3. The smallest absolute Gasteiger partial charge is 0.185 e. The highest BCUT2D eigenvalue weighted by Gasteiger charge is 2.23. The maximum absolute atomic E-state index is 13.2. The Balaban J connectivity index is 1.79. The van der Waals surface area contributed by atoms with Crippen molar-refractivity contribution in [3.63, 3.8) is 0 Å². The van der Waals surface area contributed by atoms with Crippen molar-refractivity contribution in [1.29, 1.82) is 0 Å². The minimum atomic E-state index is -0.425. The van der Waals surface area contributed by atoms with Gasteiger partial charge in [-0.2, -0.15) is 0 Å². The van der Waals surface area contributed by atoms with Gasteiger partial charge in [0.2, 0.25) is 0 Å². The molecule has 3 rings (SSSR count). The van der Waals surface area contributed by atoms with E-state index < -0.39 is 6.10 Å². The van der Waals surface area contributed by atoms with Gasteiger partial charge in [-0.25, -0.2) is 9.37 Å². The van der Waals surface area contributed by atoms with Crippen LogP contribution < -0.4 is 4.90 Å². The van der Waals surface area contributed by atoms with Crippen LogP contribution in [0.25, 0.3) is 0 Å². The SMILES string of the molecule is CN(Cc1cccc(F)c1)c1nc2c(s1)CCCC2O. The fourth-order valence-electron chi connectivity index (χ4n) is 2.52. The number of anilines is 1. The minimum Gasteiger partial charge on any atom is -0.387 e. The van der Waals surface area contributed by atoms with E-state index in [1.165, 1.54) is 10.9 Å².